The van der Waals surface area contributed by atoms with Crippen LogP contribution >= 0.6 is 0 Å². The lowest BCUT2D eigenvalue weighted by atomic mass is 10.1. The van der Waals surface area contributed by atoms with Gasteiger partial charge in [-0.3, -0.25) is 4.79 Å². The molecule has 0 aromatic heterocycles. The second-order valence-corrected chi connectivity index (χ2v) is 2.30. The molecule has 0 N–H and O–H groups in total. The Morgan fingerprint density at radius 1 is 1.88 bits per heavy atom. The second kappa shape index (κ2) is 1.55. The summed E-state index contributed by atoms with van der Waals surface area (Å²) in [5, 5.41) is 0. The highest BCUT2D eigenvalue weighted by atomic mass is 16.6. The molecule has 0 saturated carbocycles. The standard InChI is InChI=1S/C6H10O2/c1-3-5(7)6(2)4-8-6/h3-4H2,1-2H3. The van der Waals surface area contributed by atoms with Crippen molar-refractivity contribution in [2.45, 2.75) is 25.9 Å². The molecule has 8 heavy (non-hydrogen) atoms. The van der Waals surface area contributed by atoms with Gasteiger partial charge in [0.15, 0.2) is 5.78 Å². The lowest BCUT2D eigenvalue weighted by molar-refractivity contribution is -0.123. The first kappa shape index (κ1) is 5.76. The Kier molecular flexibility index (Phi) is 1.12. The largest absolute Gasteiger partial charge is 0.362 e. The van der Waals surface area contributed by atoms with Crippen LogP contribution in [0.25, 0.3) is 0 Å². The molecule has 1 fully saturated rings. The Hall–Kier alpha value is -0.370. The van der Waals surface area contributed by atoms with Crippen molar-refractivity contribution in [3.8, 4) is 0 Å². The summed E-state index contributed by atoms with van der Waals surface area (Å²) in [4.78, 5) is 10.8. The molecule has 0 bridgehead atoms. The Morgan fingerprint density at radius 2 is 2.38 bits per heavy atom. The molecule has 46 valence electrons. The third-order valence-electron chi connectivity index (χ3n) is 1.49. The SMILES string of the molecule is CCC(=O)C1(C)CO1. The van der Waals surface area contributed by atoms with E-state index in [1.54, 1.807) is 0 Å². The molecule has 1 rings (SSSR count). The van der Waals surface area contributed by atoms with Crippen molar-refractivity contribution in [2.75, 3.05) is 6.61 Å². The molecular weight excluding hydrogens is 104 g/mol. The second-order valence-electron chi connectivity index (χ2n) is 2.30. The third kappa shape index (κ3) is 0.757. The summed E-state index contributed by atoms with van der Waals surface area (Å²) in [7, 11) is 0. The molecule has 2 nitrogen and oxygen atoms in total. The number of carbonyl (C=O) groups is 1. The lowest BCUT2D eigenvalue weighted by Gasteiger charge is -1.97. The highest BCUT2D eigenvalue weighted by Gasteiger charge is 2.45. The van der Waals surface area contributed by atoms with Gasteiger partial charge >= 0.3 is 0 Å². The maximum absolute atomic E-state index is 10.8. The number of epoxide rings is 1. The molecule has 1 unspecified atom stereocenters. The fourth-order valence-corrected chi connectivity index (χ4v) is 0.643. The van der Waals surface area contributed by atoms with Crippen LogP contribution in [0.2, 0.25) is 0 Å². The smallest absolute Gasteiger partial charge is 0.166 e. The van der Waals surface area contributed by atoms with Gasteiger partial charge in [-0.15, -0.1) is 0 Å². The minimum absolute atomic E-state index is 0.220. The minimum atomic E-state index is -0.380. The molecule has 0 spiro atoms. The van der Waals surface area contributed by atoms with Crippen molar-refractivity contribution < 1.29 is 9.53 Å². The molecule has 1 aliphatic rings. The van der Waals surface area contributed by atoms with Gasteiger partial charge in [-0.25, -0.2) is 0 Å². The first-order valence-electron chi connectivity index (χ1n) is 2.86. The van der Waals surface area contributed by atoms with E-state index in [-0.39, 0.29) is 11.4 Å². The number of carbonyl (C=O) groups excluding carboxylic acids is 1. The molecule has 0 aliphatic carbocycles. The normalized spacial score (nSPS) is 34.8. The van der Waals surface area contributed by atoms with Crippen molar-refractivity contribution in [3.63, 3.8) is 0 Å². The average molecular weight is 114 g/mol. The summed E-state index contributed by atoms with van der Waals surface area (Å²) in [6, 6.07) is 0. The van der Waals surface area contributed by atoms with Crippen molar-refractivity contribution >= 4 is 5.78 Å². The first-order valence-corrected chi connectivity index (χ1v) is 2.86. The van der Waals surface area contributed by atoms with E-state index in [9.17, 15) is 4.79 Å². The monoisotopic (exact) mass is 114 g/mol. The van der Waals surface area contributed by atoms with E-state index in [0.717, 1.165) is 0 Å². The van der Waals surface area contributed by atoms with E-state index >= 15 is 0 Å². The lowest BCUT2D eigenvalue weighted by Crippen LogP contribution is -2.18. The molecular formula is C6H10O2. The Morgan fingerprint density at radius 3 is 2.50 bits per heavy atom. The molecule has 1 aliphatic heterocycles. The average Bonchev–Trinajstić information content (AvgIpc) is 2.47. The van der Waals surface area contributed by atoms with E-state index in [2.05, 4.69) is 0 Å². The van der Waals surface area contributed by atoms with Gasteiger partial charge in [0.25, 0.3) is 0 Å². The highest BCUT2D eigenvalue weighted by Crippen LogP contribution is 2.27. The van der Waals surface area contributed by atoms with Crippen LogP contribution in [0.15, 0.2) is 0 Å². The summed E-state index contributed by atoms with van der Waals surface area (Å²) < 4.78 is 4.90. The predicted molar refractivity (Wildman–Crippen MR) is 29.7 cm³/mol. The van der Waals surface area contributed by atoms with Crippen molar-refractivity contribution in [2.24, 2.45) is 0 Å². The van der Waals surface area contributed by atoms with Crippen LogP contribution in [-0.2, 0) is 9.53 Å². The quantitative estimate of drug-likeness (QED) is 0.496. The Balaban J connectivity index is 2.46. The molecule has 2 heteroatoms. The maximum Gasteiger partial charge on any atom is 0.166 e. The molecule has 1 atom stereocenters. The Labute approximate surface area is 48.8 Å². The number of Topliss-reactive ketones (excluding diaryl/α,β-unsaturated/α-hetero) is 1. The molecule has 1 heterocycles. The van der Waals surface area contributed by atoms with Crippen LogP contribution in [0.1, 0.15) is 20.3 Å². The highest BCUT2D eigenvalue weighted by molar-refractivity contribution is 5.88. The fraction of sp³-hybridized carbons (Fsp3) is 0.833. The van der Waals surface area contributed by atoms with E-state index in [1.807, 2.05) is 13.8 Å². The van der Waals surface area contributed by atoms with Crippen molar-refractivity contribution in [1.29, 1.82) is 0 Å². The maximum atomic E-state index is 10.8. The van der Waals surface area contributed by atoms with Gasteiger partial charge in [-0.1, -0.05) is 6.92 Å². The number of ether oxygens (including phenoxy) is 1. The summed E-state index contributed by atoms with van der Waals surface area (Å²) in [6.45, 7) is 4.31. The molecule has 0 aromatic carbocycles. The van der Waals surface area contributed by atoms with Gasteiger partial charge in [0.05, 0.1) is 6.61 Å². The number of ketones is 1. The van der Waals surface area contributed by atoms with Crippen LogP contribution in [0.5, 0.6) is 0 Å². The van der Waals surface area contributed by atoms with Gasteiger partial charge in [0.1, 0.15) is 5.60 Å². The van der Waals surface area contributed by atoms with Crippen LogP contribution in [0.3, 0.4) is 0 Å². The van der Waals surface area contributed by atoms with Crippen molar-refractivity contribution in [1.82, 2.24) is 0 Å². The zero-order valence-corrected chi connectivity index (χ0v) is 5.23. The van der Waals surface area contributed by atoms with Gasteiger partial charge in [0.2, 0.25) is 0 Å². The van der Waals surface area contributed by atoms with Gasteiger partial charge in [0, 0.05) is 6.42 Å². The summed E-state index contributed by atoms with van der Waals surface area (Å²) in [5.74, 6) is 0.220. The third-order valence-corrected chi connectivity index (χ3v) is 1.49. The summed E-state index contributed by atoms with van der Waals surface area (Å²) in [6.07, 6.45) is 0.594. The van der Waals surface area contributed by atoms with Gasteiger partial charge in [-0.05, 0) is 6.92 Å². The van der Waals surface area contributed by atoms with E-state index < -0.39 is 0 Å². The molecule has 0 radical (unpaired) electrons. The first-order chi connectivity index (χ1) is 3.69. The summed E-state index contributed by atoms with van der Waals surface area (Å²) in [5.41, 5.74) is -0.380. The molecule has 0 amide bonds. The number of hydrogen-bond donors (Lipinski definition) is 0. The van der Waals surface area contributed by atoms with Crippen molar-refractivity contribution in [3.05, 3.63) is 0 Å². The van der Waals surface area contributed by atoms with E-state index in [0.29, 0.717) is 13.0 Å². The van der Waals surface area contributed by atoms with Crippen LogP contribution in [-0.4, -0.2) is 18.0 Å². The molecule has 0 aromatic rings. The van der Waals surface area contributed by atoms with Crippen LogP contribution in [0.4, 0.5) is 0 Å². The van der Waals surface area contributed by atoms with E-state index in [4.69, 9.17) is 4.74 Å². The number of rotatable bonds is 2. The molecule has 1 saturated heterocycles. The number of hydrogen-bond acceptors (Lipinski definition) is 2. The van der Waals surface area contributed by atoms with Gasteiger partial charge < -0.3 is 4.74 Å². The van der Waals surface area contributed by atoms with Crippen LogP contribution in [0, 0.1) is 0 Å². The minimum Gasteiger partial charge on any atom is -0.362 e. The fourth-order valence-electron chi connectivity index (χ4n) is 0.643. The van der Waals surface area contributed by atoms with E-state index in [1.165, 1.54) is 0 Å². The Bertz CT molecular complexity index is 114. The zero-order chi connectivity index (χ0) is 6.20. The summed E-state index contributed by atoms with van der Waals surface area (Å²) >= 11 is 0. The van der Waals surface area contributed by atoms with Crippen LogP contribution < -0.4 is 0 Å². The zero-order valence-electron chi connectivity index (χ0n) is 5.23. The van der Waals surface area contributed by atoms with Gasteiger partial charge in [-0.2, -0.15) is 0 Å². The topological polar surface area (TPSA) is 29.6 Å². The predicted octanol–water partition coefficient (Wildman–Crippen LogP) is 0.754.